The van der Waals surface area contributed by atoms with Crippen molar-refractivity contribution in [2.45, 2.75) is 32.9 Å². The molecule has 0 aliphatic carbocycles. The summed E-state index contributed by atoms with van der Waals surface area (Å²) >= 11 is 5.91. The molecule has 5 aromatic rings. The SMILES string of the molecule is Cc1ccc(Oc2ccc(N3C(=S)N[C@H](c4ccccn4)[C@@H]3c3cc(C)n(-n4cnnc4)c3C)cc2)cc1. The molecule has 2 atom stereocenters. The zero-order chi connectivity index (χ0) is 26.2. The second kappa shape index (κ2) is 9.75. The van der Waals surface area contributed by atoms with E-state index in [0.717, 1.165) is 39.8 Å². The van der Waals surface area contributed by atoms with Gasteiger partial charge in [-0.15, -0.1) is 10.2 Å². The van der Waals surface area contributed by atoms with Crippen LogP contribution in [0.2, 0.25) is 0 Å². The maximum atomic E-state index is 6.06. The summed E-state index contributed by atoms with van der Waals surface area (Å²) in [5.41, 5.74) is 6.37. The normalized spacial score (nSPS) is 17.0. The Morgan fingerprint density at radius 1 is 0.868 bits per heavy atom. The predicted molar refractivity (Wildman–Crippen MR) is 150 cm³/mol. The fraction of sp³-hybridized carbons (Fsp3) is 0.172. The number of nitrogens with zero attached hydrogens (tertiary/aromatic N) is 6. The van der Waals surface area contributed by atoms with Crippen molar-refractivity contribution in [3.8, 4) is 11.5 Å². The number of nitrogens with one attached hydrogen (secondary N) is 1. The lowest BCUT2D eigenvalue weighted by Gasteiger charge is -2.28. The Kier molecular flexibility index (Phi) is 6.13. The molecule has 0 radical (unpaired) electrons. The number of pyridine rings is 1. The van der Waals surface area contributed by atoms with Gasteiger partial charge in [0.25, 0.3) is 0 Å². The highest BCUT2D eigenvalue weighted by atomic mass is 32.1. The van der Waals surface area contributed by atoms with E-state index in [4.69, 9.17) is 17.0 Å². The maximum absolute atomic E-state index is 6.06. The quantitative estimate of drug-likeness (QED) is 0.288. The molecule has 0 spiro atoms. The van der Waals surface area contributed by atoms with Crippen LogP contribution in [0.15, 0.2) is 91.6 Å². The van der Waals surface area contributed by atoms with Gasteiger partial charge in [-0.25, -0.2) is 4.68 Å². The Hall–Kier alpha value is -4.50. The number of hydrogen-bond donors (Lipinski definition) is 1. The molecule has 0 amide bonds. The molecule has 8 nitrogen and oxygen atoms in total. The third-order valence-corrected chi connectivity index (χ3v) is 7.17. The van der Waals surface area contributed by atoms with Gasteiger partial charge >= 0.3 is 0 Å². The number of hydrogen-bond acceptors (Lipinski definition) is 5. The highest BCUT2D eigenvalue weighted by molar-refractivity contribution is 7.80. The molecule has 1 aliphatic rings. The van der Waals surface area contributed by atoms with Crippen LogP contribution < -0.4 is 15.0 Å². The first-order valence-corrected chi connectivity index (χ1v) is 12.8. The predicted octanol–water partition coefficient (Wildman–Crippen LogP) is 5.68. The van der Waals surface area contributed by atoms with Gasteiger partial charge in [-0.1, -0.05) is 23.8 Å². The van der Waals surface area contributed by atoms with E-state index in [1.54, 1.807) is 12.7 Å². The molecule has 38 heavy (non-hydrogen) atoms. The van der Waals surface area contributed by atoms with Crippen LogP contribution in [0.1, 0.15) is 40.3 Å². The van der Waals surface area contributed by atoms with Crippen molar-refractivity contribution in [1.29, 1.82) is 0 Å². The number of benzene rings is 2. The summed E-state index contributed by atoms with van der Waals surface area (Å²) in [4.78, 5) is 6.84. The molecule has 9 heteroatoms. The fourth-order valence-electron chi connectivity index (χ4n) is 5.10. The lowest BCUT2D eigenvalue weighted by Crippen LogP contribution is -2.29. The van der Waals surface area contributed by atoms with E-state index in [1.165, 1.54) is 5.56 Å². The summed E-state index contributed by atoms with van der Waals surface area (Å²) < 4.78 is 10.0. The molecule has 3 aromatic heterocycles. The molecule has 0 bridgehead atoms. The van der Waals surface area contributed by atoms with Crippen LogP contribution >= 0.6 is 12.2 Å². The van der Waals surface area contributed by atoms with E-state index in [9.17, 15) is 0 Å². The van der Waals surface area contributed by atoms with E-state index in [-0.39, 0.29) is 12.1 Å². The van der Waals surface area contributed by atoms with E-state index >= 15 is 0 Å². The Bertz CT molecular complexity index is 1560. The number of anilines is 1. The summed E-state index contributed by atoms with van der Waals surface area (Å²) in [6.45, 7) is 6.24. The van der Waals surface area contributed by atoms with Gasteiger partial charge in [0, 0.05) is 28.8 Å². The van der Waals surface area contributed by atoms with Crippen molar-refractivity contribution in [1.82, 2.24) is 29.9 Å². The van der Waals surface area contributed by atoms with Crippen LogP contribution in [-0.4, -0.2) is 29.6 Å². The second-order valence-electron chi connectivity index (χ2n) is 9.39. The first-order valence-electron chi connectivity index (χ1n) is 12.4. The molecule has 0 saturated carbocycles. The first kappa shape index (κ1) is 23.9. The molecule has 1 aliphatic heterocycles. The maximum Gasteiger partial charge on any atom is 0.174 e. The van der Waals surface area contributed by atoms with E-state index < -0.39 is 0 Å². The van der Waals surface area contributed by atoms with Crippen molar-refractivity contribution in [2.75, 3.05) is 4.90 Å². The average Bonchev–Trinajstić information content (AvgIpc) is 3.64. The second-order valence-corrected chi connectivity index (χ2v) is 9.77. The van der Waals surface area contributed by atoms with E-state index in [2.05, 4.69) is 56.9 Å². The molecule has 6 rings (SSSR count). The Balaban J connectivity index is 1.39. The third kappa shape index (κ3) is 4.31. The van der Waals surface area contributed by atoms with Crippen LogP contribution in [0.5, 0.6) is 11.5 Å². The molecule has 1 saturated heterocycles. The third-order valence-electron chi connectivity index (χ3n) is 6.86. The van der Waals surface area contributed by atoms with Crippen molar-refractivity contribution < 1.29 is 4.74 Å². The topological polar surface area (TPSA) is 73.0 Å². The Labute approximate surface area is 226 Å². The van der Waals surface area contributed by atoms with Crippen molar-refractivity contribution in [3.05, 3.63) is 120 Å². The van der Waals surface area contributed by atoms with Gasteiger partial charge in [-0.3, -0.25) is 9.66 Å². The van der Waals surface area contributed by atoms with Crippen LogP contribution in [0, 0.1) is 20.8 Å². The van der Waals surface area contributed by atoms with Gasteiger partial charge in [0.1, 0.15) is 24.2 Å². The van der Waals surface area contributed by atoms with E-state index in [0.29, 0.717) is 5.11 Å². The van der Waals surface area contributed by atoms with Crippen LogP contribution in [-0.2, 0) is 0 Å². The highest BCUT2D eigenvalue weighted by Crippen LogP contribution is 2.43. The number of ether oxygens (including phenoxy) is 1. The number of rotatable bonds is 6. The largest absolute Gasteiger partial charge is 0.457 e. The Morgan fingerprint density at radius 2 is 1.55 bits per heavy atom. The summed E-state index contributed by atoms with van der Waals surface area (Å²) in [6.07, 6.45) is 5.21. The molecule has 4 heterocycles. The monoisotopic (exact) mass is 521 g/mol. The van der Waals surface area contributed by atoms with E-state index in [1.807, 2.05) is 77.6 Å². The standard InChI is InChI=1S/C29H27N7OS/c1-19-7-11-23(12-8-19)37-24-13-9-22(10-14-24)35-28(27(33-29(35)38)26-6-4-5-15-30-26)25-16-20(2)36(21(25)3)34-17-31-32-18-34/h4-18,27-28H,1-3H3,(H,33,38)/t27-,28+/m1/s1. The van der Waals surface area contributed by atoms with Gasteiger partial charge in [0.15, 0.2) is 5.11 Å². The number of aromatic nitrogens is 5. The fourth-order valence-corrected chi connectivity index (χ4v) is 5.44. The summed E-state index contributed by atoms with van der Waals surface area (Å²) in [6, 6.07) is 24.0. The average molecular weight is 522 g/mol. The zero-order valence-corrected chi connectivity index (χ0v) is 22.1. The molecule has 0 unspecified atom stereocenters. The van der Waals surface area contributed by atoms with Gasteiger partial charge in [0.05, 0.1) is 17.8 Å². The first-order chi connectivity index (χ1) is 18.5. The van der Waals surface area contributed by atoms with Crippen LogP contribution in [0.4, 0.5) is 5.69 Å². The number of aryl methyl sites for hydroxylation is 2. The highest BCUT2D eigenvalue weighted by Gasteiger charge is 2.42. The minimum atomic E-state index is -0.137. The summed E-state index contributed by atoms with van der Waals surface area (Å²) in [5, 5.41) is 12.2. The summed E-state index contributed by atoms with van der Waals surface area (Å²) in [5.74, 6) is 1.57. The van der Waals surface area contributed by atoms with Crippen LogP contribution in [0.25, 0.3) is 0 Å². The van der Waals surface area contributed by atoms with Crippen LogP contribution in [0.3, 0.4) is 0 Å². The van der Waals surface area contributed by atoms with Crippen molar-refractivity contribution in [2.24, 2.45) is 0 Å². The van der Waals surface area contributed by atoms with Gasteiger partial charge in [-0.2, -0.15) is 0 Å². The summed E-state index contributed by atoms with van der Waals surface area (Å²) in [7, 11) is 0. The lowest BCUT2D eigenvalue weighted by atomic mass is 9.96. The minimum absolute atomic E-state index is 0.127. The Morgan fingerprint density at radius 3 is 2.21 bits per heavy atom. The zero-order valence-electron chi connectivity index (χ0n) is 21.3. The van der Waals surface area contributed by atoms with Gasteiger partial charge < -0.3 is 15.0 Å². The smallest absolute Gasteiger partial charge is 0.174 e. The molecule has 1 N–H and O–H groups in total. The molecular weight excluding hydrogens is 494 g/mol. The number of thiocarbonyl (C=S) groups is 1. The minimum Gasteiger partial charge on any atom is -0.457 e. The molecule has 1 fully saturated rings. The van der Waals surface area contributed by atoms with Crippen molar-refractivity contribution >= 4 is 23.0 Å². The lowest BCUT2D eigenvalue weighted by molar-refractivity contribution is 0.482. The molecule has 190 valence electrons. The molecule has 2 aromatic carbocycles. The van der Waals surface area contributed by atoms with Gasteiger partial charge in [-0.05, 0) is 87.6 Å². The van der Waals surface area contributed by atoms with Crippen molar-refractivity contribution in [3.63, 3.8) is 0 Å². The van der Waals surface area contributed by atoms with Gasteiger partial charge in [0.2, 0.25) is 0 Å². The molecular formula is C29H27N7OS.